The van der Waals surface area contributed by atoms with Crippen molar-refractivity contribution >= 4 is 0 Å². The fourth-order valence-electron chi connectivity index (χ4n) is 4.66. The highest BCUT2D eigenvalue weighted by Crippen LogP contribution is 2.37. The van der Waals surface area contributed by atoms with Crippen LogP contribution in [0.3, 0.4) is 0 Å². The van der Waals surface area contributed by atoms with Crippen LogP contribution in [0.1, 0.15) is 41.0 Å². The molecule has 2 fully saturated rings. The van der Waals surface area contributed by atoms with Gasteiger partial charge < -0.3 is 29.9 Å². The van der Waals surface area contributed by atoms with E-state index in [1.54, 1.807) is 0 Å². The normalized spacial score (nSPS) is 31.0. The summed E-state index contributed by atoms with van der Waals surface area (Å²) < 4.78 is 11.3. The maximum absolute atomic E-state index is 10.6. The van der Waals surface area contributed by atoms with Crippen molar-refractivity contribution in [1.29, 1.82) is 0 Å². The Morgan fingerprint density at radius 2 is 1.77 bits per heavy atom. The third-order valence-corrected chi connectivity index (χ3v) is 6.70. The molecule has 2 aromatic rings. The molecule has 6 heteroatoms. The second kappa shape index (κ2) is 9.67. The van der Waals surface area contributed by atoms with E-state index in [2.05, 4.69) is 25.1 Å². The van der Waals surface area contributed by atoms with Gasteiger partial charge in [0.1, 0.15) is 18.0 Å². The second-order valence-corrected chi connectivity index (χ2v) is 8.87. The summed E-state index contributed by atoms with van der Waals surface area (Å²) in [6.07, 6.45) is -1.23. The lowest BCUT2D eigenvalue weighted by Crippen LogP contribution is -2.51. The quantitative estimate of drug-likeness (QED) is 0.561. The minimum absolute atomic E-state index is 0.128. The first kappa shape index (κ1) is 22.2. The molecule has 4 rings (SSSR count). The van der Waals surface area contributed by atoms with Crippen molar-refractivity contribution in [2.45, 2.75) is 56.5 Å². The Kier molecular flexibility index (Phi) is 6.94. The van der Waals surface area contributed by atoms with E-state index >= 15 is 0 Å². The molecule has 0 amide bonds. The van der Waals surface area contributed by atoms with Crippen molar-refractivity contribution in [3.05, 3.63) is 64.7 Å². The maximum atomic E-state index is 10.6. The second-order valence-electron chi connectivity index (χ2n) is 8.87. The lowest BCUT2D eigenvalue weighted by molar-refractivity contribution is -0.127. The first-order valence-electron chi connectivity index (χ1n) is 11.0. The summed E-state index contributed by atoms with van der Waals surface area (Å²) in [7, 11) is 0. The number of hydrogen-bond acceptors (Lipinski definition) is 6. The largest absolute Gasteiger partial charge is 0.488 e. The van der Waals surface area contributed by atoms with Gasteiger partial charge in [-0.3, -0.25) is 0 Å². The van der Waals surface area contributed by atoms with E-state index < -0.39 is 24.2 Å². The summed E-state index contributed by atoms with van der Waals surface area (Å²) >= 11 is 0. The zero-order chi connectivity index (χ0) is 22.0. The summed E-state index contributed by atoms with van der Waals surface area (Å²) in [5, 5.41) is 40.5. The Morgan fingerprint density at radius 1 is 1.00 bits per heavy atom. The lowest BCUT2D eigenvalue weighted by atomic mass is 9.73. The molecule has 31 heavy (non-hydrogen) atoms. The zero-order valence-electron chi connectivity index (χ0n) is 17.9. The van der Waals surface area contributed by atoms with Gasteiger partial charge in [-0.15, -0.1) is 0 Å². The third kappa shape index (κ3) is 4.94. The molecule has 168 valence electrons. The fourth-order valence-corrected chi connectivity index (χ4v) is 4.66. The van der Waals surface area contributed by atoms with Gasteiger partial charge in [0, 0.05) is 24.9 Å². The highest BCUT2D eigenvalue weighted by atomic mass is 16.5. The monoisotopic (exact) mass is 428 g/mol. The van der Waals surface area contributed by atoms with Gasteiger partial charge in [0.05, 0.1) is 25.4 Å². The SMILES string of the molecule is Cc1ccc(C2C[C@H](CO)[C@@H](O)[C@H](O)[C@H]2O)cc1Cc1ccc(O[C@H]2CCOC2)cc1. The topological polar surface area (TPSA) is 99.4 Å². The van der Waals surface area contributed by atoms with Crippen LogP contribution < -0.4 is 4.74 Å². The highest BCUT2D eigenvalue weighted by Gasteiger charge is 2.42. The van der Waals surface area contributed by atoms with Crippen LogP contribution in [0.4, 0.5) is 0 Å². The van der Waals surface area contributed by atoms with E-state index in [9.17, 15) is 20.4 Å². The molecule has 1 saturated heterocycles. The van der Waals surface area contributed by atoms with E-state index in [-0.39, 0.29) is 18.6 Å². The van der Waals surface area contributed by atoms with Crippen LogP contribution in [0.15, 0.2) is 42.5 Å². The van der Waals surface area contributed by atoms with E-state index in [0.29, 0.717) is 13.0 Å². The Labute approximate surface area is 183 Å². The molecule has 1 saturated carbocycles. The first-order valence-corrected chi connectivity index (χ1v) is 11.0. The summed E-state index contributed by atoms with van der Waals surface area (Å²) in [6, 6.07) is 14.2. The number of rotatable bonds is 6. The average Bonchev–Trinajstić information content (AvgIpc) is 3.28. The predicted molar refractivity (Wildman–Crippen MR) is 116 cm³/mol. The summed E-state index contributed by atoms with van der Waals surface area (Å²) in [6.45, 7) is 3.23. The molecule has 2 aliphatic rings. The Morgan fingerprint density at radius 3 is 2.45 bits per heavy atom. The van der Waals surface area contributed by atoms with Gasteiger partial charge in [0.25, 0.3) is 0 Å². The molecule has 0 bridgehead atoms. The third-order valence-electron chi connectivity index (χ3n) is 6.70. The molecule has 0 radical (unpaired) electrons. The molecule has 0 aromatic heterocycles. The van der Waals surface area contributed by atoms with Crippen LogP contribution in [0, 0.1) is 12.8 Å². The van der Waals surface area contributed by atoms with Crippen LogP contribution in [0.25, 0.3) is 0 Å². The van der Waals surface area contributed by atoms with Crippen LogP contribution in [-0.4, -0.2) is 64.7 Å². The van der Waals surface area contributed by atoms with E-state index in [4.69, 9.17) is 9.47 Å². The molecule has 1 heterocycles. The molecule has 4 N–H and O–H groups in total. The lowest BCUT2D eigenvalue weighted by Gasteiger charge is -2.40. The van der Waals surface area contributed by atoms with Crippen molar-refractivity contribution in [3.8, 4) is 5.75 Å². The number of aliphatic hydroxyl groups excluding tert-OH is 4. The van der Waals surface area contributed by atoms with Gasteiger partial charge in [-0.2, -0.15) is 0 Å². The number of aliphatic hydroxyl groups is 4. The molecule has 1 unspecified atom stereocenters. The molecule has 1 aliphatic heterocycles. The highest BCUT2D eigenvalue weighted by molar-refractivity contribution is 5.39. The van der Waals surface area contributed by atoms with Crippen molar-refractivity contribution in [2.75, 3.05) is 19.8 Å². The number of hydrogen-bond donors (Lipinski definition) is 4. The molecule has 6 nitrogen and oxygen atoms in total. The van der Waals surface area contributed by atoms with E-state index in [1.165, 1.54) is 0 Å². The van der Waals surface area contributed by atoms with Crippen LogP contribution in [0.5, 0.6) is 5.75 Å². The minimum Gasteiger partial charge on any atom is -0.488 e. The Hall–Kier alpha value is -1.96. The Balaban J connectivity index is 1.49. The molecular formula is C25H32O6. The molecule has 2 aromatic carbocycles. The van der Waals surface area contributed by atoms with Gasteiger partial charge in [0.15, 0.2) is 0 Å². The maximum Gasteiger partial charge on any atom is 0.124 e. The number of aryl methyl sites for hydroxylation is 1. The first-order chi connectivity index (χ1) is 15.0. The molecule has 0 spiro atoms. The van der Waals surface area contributed by atoms with Crippen molar-refractivity contribution in [3.63, 3.8) is 0 Å². The molecular weight excluding hydrogens is 396 g/mol. The van der Waals surface area contributed by atoms with E-state index in [1.807, 2.05) is 24.3 Å². The van der Waals surface area contributed by atoms with Gasteiger partial charge in [-0.25, -0.2) is 0 Å². The van der Waals surface area contributed by atoms with Crippen LogP contribution in [0.2, 0.25) is 0 Å². The van der Waals surface area contributed by atoms with Gasteiger partial charge in [-0.05, 0) is 54.2 Å². The standard InChI is InChI=1S/C25H32O6/c1-15-2-5-17(22-12-19(13-26)23(27)25(29)24(22)28)11-18(15)10-16-3-6-20(7-4-16)31-21-8-9-30-14-21/h2-7,11,19,21-29H,8-10,12-14H2,1H3/t19-,21+,22?,23-,24+,25+/m1/s1. The van der Waals surface area contributed by atoms with Crippen molar-refractivity contribution in [2.24, 2.45) is 5.92 Å². The molecule has 6 atom stereocenters. The predicted octanol–water partition coefficient (Wildman–Crippen LogP) is 1.93. The van der Waals surface area contributed by atoms with Gasteiger partial charge in [-0.1, -0.05) is 30.3 Å². The summed E-state index contributed by atoms with van der Waals surface area (Å²) in [5.41, 5.74) is 4.36. The number of ether oxygens (including phenoxy) is 2. The van der Waals surface area contributed by atoms with Crippen LogP contribution in [-0.2, 0) is 11.2 Å². The minimum atomic E-state index is -1.27. The van der Waals surface area contributed by atoms with E-state index in [0.717, 1.165) is 47.5 Å². The summed E-state index contributed by atoms with van der Waals surface area (Å²) in [4.78, 5) is 0. The fraction of sp³-hybridized carbons (Fsp3) is 0.520. The zero-order valence-corrected chi connectivity index (χ0v) is 17.9. The summed E-state index contributed by atoms with van der Waals surface area (Å²) in [5.74, 6) is 0.0583. The number of benzene rings is 2. The van der Waals surface area contributed by atoms with Crippen molar-refractivity contribution < 1.29 is 29.9 Å². The van der Waals surface area contributed by atoms with Gasteiger partial charge >= 0.3 is 0 Å². The van der Waals surface area contributed by atoms with Crippen molar-refractivity contribution in [1.82, 2.24) is 0 Å². The average molecular weight is 429 g/mol. The van der Waals surface area contributed by atoms with Gasteiger partial charge in [0.2, 0.25) is 0 Å². The van der Waals surface area contributed by atoms with Crippen LogP contribution >= 0.6 is 0 Å². The smallest absolute Gasteiger partial charge is 0.124 e. The Bertz CT molecular complexity index is 859. The molecule has 1 aliphatic carbocycles.